The fraction of sp³-hybridized carbons (Fsp3) is 0.321. The molecule has 9 nitrogen and oxygen atoms in total. The van der Waals surface area contributed by atoms with E-state index in [0.29, 0.717) is 55.5 Å². The van der Waals surface area contributed by atoms with Gasteiger partial charge >= 0.3 is 0 Å². The van der Waals surface area contributed by atoms with Crippen molar-refractivity contribution in [3.05, 3.63) is 88.7 Å². The molecule has 204 valence electrons. The molecule has 0 spiro atoms. The van der Waals surface area contributed by atoms with E-state index < -0.39 is 6.10 Å². The van der Waals surface area contributed by atoms with Gasteiger partial charge in [-0.25, -0.2) is 4.39 Å². The van der Waals surface area contributed by atoms with Crippen LogP contribution in [0.15, 0.2) is 60.7 Å². The first kappa shape index (κ1) is 28.9. The van der Waals surface area contributed by atoms with Crippen molar-refractivity contribution in [2.24, 2.45) is 0 Å². The van der Waals surface area contributed by atoms with Crippen LogP contribution < -0.4 is 14.8 Å². The molecule has 0 unspecified atom stereocenters. The fourth-order valence-electron chi connectivity index (χ4n) is 3.82. The van der Waals surface area contributed by atoms with Crippen LogP contribution in [-0.2, 0) is 29.2 Å². The number of phenols is 1. The largest absolute Gasteiger partial charge is 0.508 e. The summed E-state index contributed by atoms with van der Waals surface area (Å²) in [5.41, 5.74) is 2.97. The zero-order valence-corrected chi connectivity index (χ0v) is 20.8. The molecule has 0 fully saturated rings. The number of benzene rings is 3. The quantitative estimate of drug-likeness (QED) is 0.187. The van der Waals surface area contributed by atoms with E-state index in [9.17, 15) is 19.7 Å². The third-order valence-corrected chi connectivity index (χ3v) is 5.80. The second kappa shape index (κ2) is 14.9. The smallest absolute Gasteiger partial charge is 0.290 e. The Balaban J connectivity index is 0.00000127. The van der Waals surface area contributed by atoms with Crippen molar-refractivity contribution in [1.29, 1.82) is 0 Å². The Morgan fingerprint density at radius 3 is 2.55 bits per heavy atom. The maximum absolute atomic E-state index is 13.0. The Labute approximate surface area is 220 Å². The summed E-state index contributed by atoms with van der Waals surface area (Å²) in [6.07, 6.45) is -0.260. The average molecular weight is 530 g/mol. The zero-order chi connectivity index (χ0) is 27.3. The van der Waals surface area contributed by atoms with E-state index in [1.54, 1.807) is 24.3 Å². The summed E-state index contributed by atoms with van der Waals surface area (Å²) in [5, 5.41) is 39.4. The monoisotopic (exact) mass is 529 g/mol. The summed E-state index contributed by atoms with van der Waals surface area (Å²) in [7, 11) is 0. The molecule has 5 N–H and O–H groups in total. The predicted molar refractivity (Wildman–Crippen MR) is 137 cm³/mol. The SMILES string of the molecule is O=CO.OCc1cc([C@@H](O)CNCCc2ccc3c(c2)O[C@H](COCc2ccc(F)cc2)CO3)ccc1O. The summed E-state index contributed by atoms with van der Waals surface area (Å²) in [5.74, 6) is 1.10. The molecule has 0 bridgehead atoms. The summed E-state index contributed by atoms with van der Waals surface area (Å²) in [6.45, 7) is 1.57. The van der Waals surface area contributed by atoms with Gasteiger partial charge in [-0.2, -0.15) is 0 Å². The Bertz CT molecular complexity index is 1160. The standard InChI is InChI=1S/C27H30FNO6.CH2O2/c28-22-5-1-19(2-6-22)15-33-16-23-17-34-26-8-3-18(11-27(26)35-23)9-10-29-13-25(32)20-4-7-24(31)21(12-20)14-30;2-1-3/h1-8,11-12,23,25,29-32H,9-10,13-17H2;1H,(H,2,3)/t23-,25+;/m1./s1. The molecule has 1 aliphatic rings. The summed E-state index contributed by atoms with van der Waals surface area (Å²) >= 11 is 0. The van der Waals surface area contributed by atoms with E-state index in [0.717, 1.165) is 17.5 Å². The minimum absolute atomic E-state index is 0.0108. The van der Waals surface area contributed by atoms with E-state index in [4.69, 9.17) is 24.1 Å². The number of aliphatic hydroxyl groups is 2. The Hall–Kier alpha value is -3.70. The minimum Gasteiger partial charge on any atom is -0.508 e. The van der Waals surface area contributed by atoms with Gasteiger partial charge in [0.05, 0.1) is 25.9 Å². The average Bonchev–Trinajstić information content (AvgIpc) is 2.92. The number of fused-ring (bicyclic) bond motifs is 1. The van der Waals surface area contributed by atoms with Gasteiger partial charge in [-0.05, 0) is 66.1 Å². The van der Waals surface area contributed by atoms with Gasteiger partial charge in [-0.15, -0.1) is 0 Å². The van der Waals surface area contributed by atoms with Gasteiger partial charge < -0.3 is 40.0 Å². The van der Waals surface area contributed by atoms with E-state index in [2.05, 4.69) is 5.32 Å². The molecule has 2 atom stereocenters. The number of ether oxygens (including phenoxy) is 3. The topological polar surface area (TPSA) is 138 Å². The van der Waals surface area contributed by atoms with Crippen LogP contribution in [0.4, 0.5) is 4.39 Å². The first-order valence-electron chi connectivity index (χ1n) is 12.1. The maximum Gasteiger partial charge on any atom is 0.290 e. The summed E-state index contributed by atoms with van der Waals surface area (Å²) < 4.78 is 30.6. The first-order chi connectivity index (χ1) is 18.4. The second-order valence-corrected chi connectivity index (χ2v) is 8.60. The number of hydrogen-bond acceptors (Lipinski definition) is 8. The molecule has 0 aliphatic carbocycles. The van der Waals surface area contributed by atoms with Gasteiger partial charge in [-0.1, -0.05) is 24.3 Å². The van der Waals surface area contributed by atoms with E-state index >= 15 is 0 Å². The molecule has 38 heavy (non-hydrogen) atoms. The summed E-state index contributed by atoms with van der Waals surface area (Å²) in [4.78, 5) is 8.36. The second-order valence-electron chi connectivity index (χ2n) is 8.60. The molecule has 3 aromatic rings. The highest BCUT2D eigenvalue weighted by atomic mass is 19.1. The number of carbonyl (C=O) groups is 1. The molecule has 0 aromatic heterocycles. The summed E-state index contributed by atoms with van der Waals surface area (Å²) in [6, 6.07) is 16.7. The predicted octanol–water partition coefficient (Wildman–Crippen LogP) is 2.95. The molecule has 1 heterocycles. The molecule has 0 saturated carbocycles. The zero-order valence-electron chi connectivity index (χ0n) is 20.8. The number of halogens is 1. The normalized spacial score (nSPS) is 14.8. The third-order valence-electron chi connectivity index (χ3n) is 5.80. The van der Waals surface area contributed by atoms with Crippen molar-refractivity contribution in [2.45, 2.75) is 31.8 Å². The molecule has 4 rings (SSSR count). The van der Waals surface area contributed by atoms with Gasteiger partial charge in [0.2, 0.25) is 0 Å². The molecule has 1 aliphatic heterocycles. The lowest BCUT2D eigenvalue weighted by atomic mass is 10.1. The number of aromatic hydroxyl groups is 1. The van der Waals surface area contributed by atoms with Crippen LogP contribution >= 0.6 is 0 Å². The number of carboxylic acid groups (broad SMARTS) is 1. The van der Waals surface area contributed by atoms with Crippen molar-refractivity contribution < 1.29 is 43.8 Å². The van der Waals surface area contributed by atoms with Crippen molar-refractivity contribution in [2.75, 3.05) is 26.3 Å². The van der Waals surface area contributed by atoms with E-state index in [-0.39, 0.29) is 30.7 Å². The highest BCUT2D eigenvalue weighted by Gasteiger charge is 2.21. The minimum atomic E-state index is -0.753. The lowest BCUT2D eigenvalue weighted by Gasteiger charge is -2.27. The lowest BCUT2D eigenvalue weighted by molar-refractivity contribution is -0.122. The van der Waals surface area contributed by atoms with Crippen molar-refractivity contribution in [3.8, 4) is 17.2 Å². The molecule has 10 heteroatoms. The molecule has 0 radical (unpaired) electrons. The third kappa shape index (κ3) is 8.70. The van der Waals surface area contributed by atoms with Gasteiger partial charge in [0.25, 0.3) is 6.47 Å². The molecule has 0 amide bonds. The molecule has 0 saturated heterocycles. The van der Waals surface area contributed by atoms with Crippen molar-refractivity contribution in [3.63, 3.8) is 0 Å². The molecular formula is C28H32FNO8. The van der Waals surface area contributed by atoms with Crippen LogP contribution in [0.3, 0.4) is 0 Å². The number of rotatable bonds is 11. The van der Waals surface area contributed by atoms with Crippen molar-refractivity contribution >= 4 is 6.47 Å². The van der Waals surface area contributed by atoms with Crippen LogP contribution in [0.25, 0.3) is 0 Å². The van der Waals surface area contributed by atoms with E-state index in [1.165, 1.54) is 18.2 Å². The van der Waals surface area contributed by atoms with Crippen LogP contribution in [0.2, 0.25) is 0 Å². The first-order valence-corrected chi connectivity index (χ1v) is 12.1. The van der Waals surface area contributed by atoms with Gasteiger partial charge in [-0.3, -0.25) is 4.79 Å². The van der Waals surface area contributed by atoms with Gasteiger partial charge in [0.1, 0.15) is 18.2 Å². The van der Waals surface area contributed by atoms with Crippen molar-refractivity contribution in [1.82, 2.24) is 5.32 Å². The maximum atomic E-state index is 13.0. The Kier molecular flexibility index (Phi) is 11.3. The molecule has 3 aromatic carbocycles. The van der Waals surface area contributed by atoms with Gasteiger partial charge in [0, 0.05) is 12.1 Å². The van der Waals surface area contributed by atoms with Crippen LogP contribution in [0, 0.1) is 5.82 Å². The fourth-order valence-corrected chi connectivity index (χ4v) is 3.82. The van der Waals surface area contributed by atoms with E-state index in [1.807, 2.05) is 18.2 Å². The number of hydrogen-bond donors (Lipinski definition) is 5. The number of nitrogens with one attached hydrogen (secondary N) is 1. The van der Waals surface area contributed by atoms with Gasteiger partial charge in [0.15, 0.2) is 17.6 Å². The number of aliphatic hydroxyl groups excluding tert-OH is 2. The van der Waals surface area contributed by atoms with Crippen LogP contribution in [0.5, 0.6) is 17.2 Å². The Morgan fingerprint density at radius 1 is 1.08 bits per heavy atom. The lowest BCUT2D eigenvalue weighted by Crippen LogP contribution is -2.33. The van der Waals surface area contributed by atoms with Crippen LogP contribution in [0.1, 0.15) is 28.4 Å². The highest BCUT2D eigenvalue weighted by Crippen LogP contribution is 2.33. The molecular weight excluding hydrogens is 497 g/mol. The van der Waals surface area contributed by atoms with Crippen LogP contribution in [-0.4, -0.2) is 59.3 Å². The highest BCUT2D eigenvalue weighted by molar-refractivity contribution is 5.44. The Morgan fingerprint density at radius 2 is 1.82 bits per heavy atom.